The highest BCUT2D eigenvalue weighted by Gasteiger charge is 2.36. The van der Waals surface area contributed by atoms with Crippen molar-refractivity contribution in [3.63, 3.8) is 0 Å². The first-order valence-corrected chi connectivity index (χ1v) is 8.12. The third-order valence-corrected chi connectivity index (χ3v) is 4.07. The molecule has 1 aliphatic rings. The zero-order valence-electron chi connectivity index (χ0n) is 13.8. The molecular formula is C20H20F2N2O. The van der Waals surface area contributed by atoms with Crippen molar-refractivity contribution in [3.8, 4) is 6.07 Å². The lowest BCUT2D eigenvalue weighted by molar-refractivity contribution is -0.0594. The Morgan fingerprint density at radius 2 is 1.52 bits per heavy atom. The molecule has 2 aromatic rings. The van der Waals surface area contributed by atoms with Crippen molar-refractivity contribution in [1.29, 1.82) is 5.26 Å². The van der Waals surface area contributed by atoms with Gasteiger partial charge in [-0.1, -0.05) is 60.7 Å². The predicted octanol–water partition coefficient (Wildman–Crippen LogP) is 4.48. The summed E-state index contributed by atoms with van der Waals surface area (Å²) in [5.74, 6) is -2.56. The molecule has 1 saturated heterocycles. The van der Waals surface area contributed by atoms with Crippen LogP contribution in [0.4, 0.5) is 8.78 Å². The largest absolute Gasteiger partial charge is 0.298 e. The van der Waals surface area contributed by atoms with Gasteiger partial charge in [0.25, 0.3) is 5.92 Å². The molecule has 3 nitrogen and oxygen atoms in total. The lowest BCUT2D eigenvalue weighted by Crippen LogP contribution is -2.41. The van der Waals surface area contributed by atoms with E-state index < -0.39 is 12.0 Å². The van der Waals surface area contributed by atoms with E-state index in [9.17, 15) is 18.8 Å². The van der Waals surface area contributed by atoms with Crippen LogP contribution in [0, 0.1) is 11.3 Å². The van der Waals surface area contributed by atoms with E-state index in [1.165, 1.54) is 0 Å². The second-order valence-electron chi connectivity index (χ2n) is 5.86. The summed E-state index contributed by atoms with van der Waals surface area (Å²) >= 11 is 0. The third kappa shape index (κ3) is 5.77. The average molecular weight is 342 g/mol. The van der Waals surface area contributed by atoms with Gasteiger partial charge in [0.15, 0.2) is 0 Å². The molecule has 1 unspecified atom stereocenters. The quantitative estimate of drug-likeness (QED) is 0.773. The molecule has 130 valence electrons. The predicted molar refractivity (Wildman–Crippen MR) is 92.4 cm³/mol. The molecule has 0 spiro atoms. The Morgan fingerprint density at radius 1 is 1.00 bits per heavy atom. The van der Waals surface area contributed by atoms with E-state index >= 15 is 0 Å². The van der Waals surface area contributed by atoms with E-state index in [1.807, 2.05) is 53.4 Å². The summed E-state index contributed by atoms with van der Waals surface area (Å²) in [5, 5.41) is 9.18. The fourth-order valence-electron chi connectivity index (χ4n) is 2.64. The molecule has 0 N–H and O–H groups in total. The summed E-state index contributed by atoms with van der Waals surface area (Å²) in [5.41, 5.74) is 1.60. The van der Waals surface area contributed by atoms with Gasteiger partial charge < -0.3 is 0 Å². The Labute approximate surface area is 146 Å². The second kappa shape index (κ2) is 9.05. The Balaban J connectivity index is 0.000000236. The van der Waals surface area contributed by atoms with Crippen LogP contribution >= 0.6 is 0 Å². The zero-order valence-corrected chi connectivity index (χ0v) is 13.8. The molecule has 25 heavy (non-hydrogen) atoms. The van der Waals surface area contributed by atoms with Crippen molar-refractivity contribution in [1.82, 2.24) is 4.90 Å². The molecule has 0 bridgehead atoms. The maximum atomic E-state index is 13.0. The van der Waals surface area contributed by atoms with Crippen LogP contribution in [0.3, 0.4) is 0 Å². The van der Waals surface area contributed by atoms with Gasteiger partial charge >= 0.3 is 0 Å². The van der Waals surface area contributed by atoms with Crippen LogP contribution in [-0.4, -0.2) is 30.2 Å². The van der Waals surface area contributed by atoms with Crippen LogP contribution in [0.15, 0.2) is 60.7 Å². The first-order valence-electron chi connectivity index (χ1n) is 8.12. The molecule has 0 aromatic heterocycles. The van der Waals surface area contributed by atoms with Gasteiger partial charge in [0.1, 0.15) is 12.3 Å². The van der Waals surface area contributed by atoms with Crippen LogP contribution in [-0.2, 0) is 0 Å². The molecule has 1 aliphatic heterocycles. The second-order valence-corrected chi connectivity index (χ2v) is 5.86. The van der Waals surface area contributed by atoms with Gasteiger partial charge in [-0.25, -0.2) is 8.78 Å². The van der Waals surface area contributed by atoms with Gasteiger partial charge in [0, 0.05) is 31.5 Å². The highest BCUT2D eigenvalue weighted by molar-refractivity contribution is 5.74. The Kier molecular flexibility index (Phi) is 6.79. The van der Waals surface area contributed by atoms with E-state index in [0.29, 0.717) is 0 Å². The molecule has 5 heteroatoms. The molecular weight excluding hydrogens is 322 g/mol. The monoisotopic (exact) mass is 342 g/mol. The fraction of sp³-hybridized carbons (Fsp3) is 0.300. The molecule has 1 atom stereocenters. The fourth-order valence-corrected chi connectivity index (χ4v) is 2.64. The van der Waals surface area contributed by atoms with Crippen LogP contribution in [0.5, 0.6) is 0 Å². The summed E-state index contributed by atoms with van der Waals surface area (Å²) in [6.07, 6.45) is 0.524. The van der Waals surface area contributed by atoms with Crippen molar-refractivity contribution in [2.75, 3.05) is 13.1 Å². The number of hydrogen-bond acceptors (Lipinski definition) is 3. The average Bonchev–Trinajstić information content (AvgIpc) is 2.66. The number of benzene rings is 2. The van der Waals surface area contributed by atoms with E-state index in [-0.39, 0.29) is 25.9 Å². The number of alkyl halides is 2. The smallest absolute Gasteiger partial charge is 0.250 e. The SMILES string of the molecule is N#CC(c1ccccc1)N1CCC(F)(F)CC1.O=Cc1ccccc1. The number of piperidine rings is 1. The number of carbonyl (C=O) groups excluding carboxylic acids is 1. The van der Waals surface area contributed by atoms with Gasteiger partial charge in [-0.15, -0.1) is 0 Å². The maximum absolute atomic E-state index is 13.0. The molecule has 3 rings (SSSR count). The van der Waals surface area contributed by atoms with E-state index in [1.54, 1.807) is 12.1 Å². The summed E-state index contributed by atoms with van der Waals surface area (Å²) in [6.45, 7) is 0.556. The van der Waals surface area contributed by atoms with Gasteiger partial charge in [0.2, 0.25) is 0 Å². The van der Waals surface area contributed by atoms with E-state index in [4.69, 9.17) is 0 Å². The van der Waals surface area contributed by atoms with Crippen LogP contribution in [0.1, 0.15) is 34.8 Å². The van der Waals surface area contributed by atoms with Crippen LogP contribution in [0.2, 0.25) is 0 Å². The molecule has 1 heterocycles. The number of rotatable bonds is 3. The third-order valence-electron chi connectivity index (χ3n) is 4.07. The number of aldehydes is 1. The molecule has 0 aliphatic carbocycles. The lowest BCUT2D eigenvalue weighted by Gasteiger charge is -2.34. The van der Waals surface area contributed by atoms with Gasteiger partial charge in [-0.3, -0.25) is 9.69 Å². The van der Waals surface area contributed by atoms with Crippen molar-refractivity contribution in [2.45, 2.75) is 24.8 Å². The lowest BCUT2D eigenvalue weighted by atomic mass is 10.0. The van der Waals surface area contributed by atoms with E-state index in [2.05, 4.69) is 6.07 Å². The Bertz CT molecular complexity index is 689. The topological polar surface area (TPSA) is 44.1 Å². The summed E-state index contributed by atoms with van der Waals surface area (Å²) in [7, 11) is 0. The number of carbonyl (C=O) groups is 1. The van der Waals surface area contributed by atoms with Crippen molar-refractivity contribution < 1.29 is 13.6 Å². The molecule has 0 amide bonds. The summed E-state index contributed by atoms with van der Waals surface area (Å²) < 4.78 is 26.1. The Hall–Kier alpha value is -2.58. The number of nitrogens with zero attached hydrogens (tertiary/aromatic N) is 2. The standard InChI is InChI=1S/C13H14F2N2.C7H6O/c14-13(15)6-8-17(9-7-13)12(10-16)11-4-2-1-3-5-11;8-6-7-4-2-1-3-5-7/h1-5,12H,6-9H2;1-6H. The number of hydrogen-bond donors (Lipinski definition) is 0. The van der Waals surface area contributed by atoms with E-state index in [0.717, 1.165) is 17.4 Å². The highest BCUT2D eigenvalue weighted by Crippen LogP contribution is 2.32. The molecule has 1 fully saturated rings. The van der Waals surface area contributed by atoms with Gasteiger partial charge in [-0.05, 0) is 5.56 Å². The minimum absolute atomic E-state index is 0.155. The number of nitriles is 1. The Morgan fingerprint density at radius 3 is 1.96 bits per heavy atom. The van der Waals surface area contributed by atoms with Crippen LogP contribution < -0.4 is 0 Å². The van der Waals surface area contributed by atoms with Crippen molar-refractivity contribution >= 4 is 6.29 Å². The number of likely N-dealkylation sites (tertiary alicyclic amines) is 1. The minimum Gasteiger partial charge on any atom is -0.298 e. The maximum Gasteiger partial charge on any atom is 0.250 e. The van der Waals surface area contributed by atoms with Crippen molar-refractivity contribution in [2.24, 2.45) is 0 Å². The molecule has 0 radical (unpaired) electrons. The normalized spacial score (nSPS) is 17.5. The van der Waals surface area contributed by atoms with Crippen molar-refractivity contribution in [3.05, 3.63) is 71.8 Å². The van der Waals surface area contributed by atoms with Gasteiger partial charge in [-0.2, -0.15) is 5.26 Å². The minimum atomic E-state index is -2.56. The first-order chi connectivity index (χ1) is 12.1. The van der Waals surface area contributed by atoms with Gasteiger partial charge in [0.05, 0.1) is 6.07 Å². The molecule has 2 aromatic carbocycles. The highest BCUT2D eigenvalue weighted by atomic mass is 19.3. The number of halogens is 2. The molecule has 0 saturated carbocycles. The van der Waals surface area contributed by atoms with Crippen LogP contribution in [0.25, 0.3) is 0 Å². The zero-order chi connectivity index (χ0) is 18.1. The summed E-state index contributed by atoms with van der Waals surface area (Å²) in [6, 6.07) is 20.2. The summed E-state index contributed by atoms with van der Waals surface area (Å²) in [4.78, 5) is 11.8. The first kappa shape index (κ1) is 18.8.